The number of nitrogens with one attached hydrogen (secondary N) is 2. The number of hydrogen-bond donors (Lipinski definition) is 2. The summed E-state index contributed by atoms with van der Waals surface area (Å²) in [5, 5.41) is 5.31. The molecule has 0 saturated carbocycles. The van der Waals surface area contributed by atoms with Crippen molar-refractivity contribution in [1.82, 2.24) is 5.32 Å². The van der Waals surface area contributed by atoms with Gasteiger partial charge >= 0.3 is 6.03 Å². The number of hydrogen-bond acceptors (Lipinski definition) is 4. The number of urea groups is 1. The van der Waals surface area contributed by atoms with Crippen molar-refractivity contribution in [3.63, 3.8) is 0 Å². The zero-order valence-corrected chi connectivity index (χ0v) is 13.3. The molecule has 0 bridgehead atoms. The van der Waals surface area contributed by atoms with Crippen LogP contribution >= 0.6 is 11.6 Å². The fourth-order valence-corrected chi connectivity index (χ4v) is 2.06. The maximum atomic E-state index is 12.3. The Hall–Kier alpha value is -2.73. The van der Waals surface area contributed by atoms with Gasteiger partial charge in [-0.15, -0.1) is 0 Å². The molecule has 0 fully saturated rings. The van der Waals surface area contributed by atoms with Crippen LogP contribution in [0.15, 0.2) is 42.5 Å². The lowest BCUT2D eigenvalue weighted by Gasteiger charge is -2.12. The zero-order chi connectivity index (χ0) is 16.8. The molecule has 7 heteroatoms. The summed E-state index contributed by atoms with van der Waals surface area (Å²) >= 11 is 5.77. The second kappa shape index (κ2) is 7.51. The Morgan fingerprint density at radius 3 is 2.04 bits per heavy atom. The summed E-state index contributed by atoms with van der Waals surface area (Å²) in [7, 11) is 2.86. The van der Waals surface area contributed by atoms with Crippen LogP contribution in [0.2, 0.25) is 5.02 Å². The molecule has 2 aromatic rings. The number of anilines is 1. The number of benzene rings is 2. The number of amides is 3. The van der Waals surface area contributed by atoms with Crippen LogP contribution in [0.25, 0.3) is 0 Å². The first-order valence-electron chi connectivity index (χ1n) is 6.64. The fourth-order valence-electron chi connectivity index (χ4n) is 1.94. The summed E-state index contributed by atoms with van der Waals surface area (Å²) in [5.74, 6) is -0.0203. The van der Waals surface area contributed by atoms with E-state index in [1.807, 2.05) is 0 Å². The zero-order valence-electron chi connectivity index (χ0n) is 12.6. The predicted molar refractivity (Wildman–Crippen MR) is 87.5 cm³/mol. The highest BCUT2D eigenvalue weighted by molar-refractivity contribution is 6.30. The maximum absolute atomic E-state index is 12.3. The maximum Gasteiger partial charge on any atom is 0.326 e. The van der Waals surface area contributed by atoms with E-state index in [1.54, 1.807) is 42.5 Å². The van der Waals surface area contributed by atoms with Gasteiger partial charge in [-0.1, -0.05) is 17.7 Å². The third kappa shape index (κ3) is 4.14. The van der Waals surface area contributed by atoms with E-state index in [-0.39, 0.29) is 5.56 Å². The molecule has 3 amide bonds. The van der Waals surface area contributed by atoms with Crippen LogP contribution in [-0.2, 0) is 0 Å². The molecule has 0 unspecified atom stereocenters. The van der Waals surface area contributed by atoms with Crippen molar-refractivity contribution in [1.29, 1.82) is 0 Å². The Morgan fingerprint density at radius 2 is 1.52 bits per heavy atom. The standard InChI is InChI=1S/C16H15ClN2O4/c1-22-12-4-3-5-13(23-2)14(12)15(20)19-16(21)18-11-8-6-10(17)7-9-11/h3-9H,1-2H3,(H2,18,19,20,21). The van der Waals surface area contributed by atoms with Gasteiger partial charge in [-0.3, -0.25) is 10.1 Å². The lowest BCUT2D eigenvalue weighted by atomic mass is 10.1. The summed E-state index contributed by atoms with van der Waals surface area (Å²) in [4.78, 5) is 24.2. The van der Waals surface area contributed by atoms with Crippen LogP contribution in [-0.4, -0.2) is 26.2 Å². The summed E-state index contributed by atoms with van der Waals surface area (Å²) < 4.78 is 10.3. The lowest BCUT2D eigenvalue weighted by Crippen LogP contribution is -2.34. The Bertz CT molecular complexity index is 694. The molecule has 0 spiro atoms. The highest BCUT2D eigenvalue weighted by Gasteiger charge is 2.20. The second-order valence-corrected chi connectivity index (χ2v) is 4.89. The highest BCUT2D eigenvalue weighted by Crippen LogP contribution is 2.27. The van der Waals surface area contributed by atoms with Crippen LogP contribution in [0, 0.1) is 0 Å². The normalized spacial score (nSPS) is 9.87. The number of imide groups is 1. The summed E-state index contributed by atoms with van der Waals surface area (Å²) in [5.41, 5.74) is 0.649. The lowest BCUT2D eigenvalue weighted by molar-refractivity contribution is 0.0961. The second-order valence-electron chi connectivity index (χ2n) is 4.45. The molecule has 0 heterocycles. The molecule has 0 aliphatic carbocycles. The van der Waals surface area contributed by atoms with E-state index in [2.05, 4.69) is 10.6 Å². The van der Waals surface area contributed by atoms with Gasteiger partial charge in [0.25, 0.3) is 5.91 Å². The highest BCUT2D eigenvalue weighted by atomic mass is 35.5. The summed E-state index contributed by atoms with van der Waals surface area (Å²) in [6.45, 7) is 0. The molecule has 0 atom stereocenters. The molecule has 0 saturated heterocycles. The SMILES string of the molecule is COc1cccc(OC)c1C(=O)NC(=O)Nc1ccc(Cl)cc1. The van der Waals surface area contributed by atoms with Gasteiger partial charge in [-0.25, -0.2) is 4.79 Å². The molecule has 120 valence electrons. The van der Waals surface area contributed by atoms with Gasteiger partial charge < -0.3 is 14.8 Å². The minimum absolute atomic E-state index is 0.142. The van der Waals surface area contributed by atoms with E-state index in [0.717, 1.165) is 0 Å². The van der Waals surface area contributed by atoms with E-state index in [4.69, 9.17) is 21.1 Å². The molecule has 0 aliphatic rings. The van der Waals surface area contributed by atoms with Gasteiger partial charge in [0, 0.05) is 10.7 Å². The van der Waals surface area contributed by atoms with Gasteiger partial charge in [-0.2, -0.15) is 0 Å². The number of rotatable bonds is 4. The molecule has 0 aliphatic heterocycles. The van der Waals surface area contributed by atoms with Crippen molar-refractivity contribution < 1.29 is 19.1 Å². The topological polar surface area (TPSA) is 76.7 Å². The molecule has 6 nitrogen and oxygen atoms in total. The number of halogens is 1. The van der Waals surface area contributed by atoms with E-state index in [0.29, 0.717) is 22.2 Å². The Kier molecular flexibility index (Phi) is 5.43. The number of ether oxygens (including phenoxy) is 2. The van der Waals surface area contributed by atoms with Crippen LogP contribution in [0.5, 0.6) is 11.5 Å². The molecule has 23 heavy (non-hydrogen) atoms. The first-order valence-corrected chi connectivity index (χ1v) is 7.02. The van der Waals surface area contributed by atoms with E-state index < -0.39 is 11.9 Å². The van der Waals surface area contributed by atoms with E-state index >= 15 is 0 Å². The average molecular weight is 335 g/mol. The van der Waals surface area contributed by atoms with Gasteiger partial charge in [0.2, 0.25) is 0 Å². The predicted octanol–water partition coefficient (Wildman–Crippen LogP) is 3.32. The first kappa shape index (κ1) is 16.6. The first-order chi connectivity index (χ1) is 11.0. The van der Waals surface area contributed by atoms with Crippen molar-refractivity contribution in [2.45, 2.75) is 0 Å². The minimum Gasteiger partial charge on any atom is -0.496 e. The molecular weight excluding hydrogens is 320 g/mol. The molecule has 0 aromatic heterocycles. The van der Waals surface area contributed by atoms with Crippen LogP contribution in [0.4, 0.5) is 10.5 Å². The molecular formula is C16H15ClN2O4. The number of carbonyl (C=O) groups excluding carboxylic acids is 2. The molecule has 0 radical (unpaired) electrons. The Morgan fingerprint density at radius 1 is 0.957 bits per heavy atom. The van der Waals surface area contributed by atoms with Crippen molar-refractivity contribution in [2.75, 3.05) is 19.5 Å². The van der Waals surface area contributed by atoms with Crippen molar-refractivity contribution in [3.8, 4) is 11.5 Å². The van der Waals surface area contributed by atoms with Crippen LogP contribution < -0.4 is 20.1 Å². The van der Waals surface area contributed by atoms with Crippen molar-refractivity contribution >= 4 is 29.2 Å². The fraction of sp³-hybridized carbons (Fsp3) is 0.125. The number of carbonyl (C=O) groups is 2. The van der Waals surface area contributed by atoms with E-state index in [1.165, 1.54) is 14.2 Å². The third-order valence-corrected chi connectivity index (χ3v) is 3.24. The van der Waals surface area contributed by atoms with Crippen molar-refractivity contribution in [3.05, 3.63) is 53.1 Å². The minimum atomic E-state index is -0.676. The summed E-state index contributed by atoms with van der Waals surface area (Å²) in [6, 6.07) is 10.7. The van der Waals surface area contributed by atoms with Gasteiger partial charge in [0.1, 0.15) is 17.1 Å². The molecule has 2 aromatic carbocycles. The Balaban J connectivity index is 2.12. The smallest absolute Gasteiger partial charge is 0.326 e. The third-order valence-electron chi connectivity index (χ3n) is 2.98. The van der Waals surface area contributed by atoms with Gasteiger partial charge in [0.05, 0.1) is 14.2 Å². The van der Waals surface area contributed by atoms with Gasteiger partial charge in [-0.05, 0) is 36.4 Å². The monoisotopic (exact) mass is 334 g/mol. The van der Waals surface area contributed by atoms with Crippen LogP contribution in [0.3, 0.4) is 0 Å². The quantitative estimate of drug-likeness (QED) is 0.899. The van der Waals surface area contributed by atoms with Crippen LogP contribution in [0.1, 0.15) is 10.4 Å². The van der Waals surface area contributed by atoms with Crippen molar-refractivity contribution in [2.24, 2.45) is 0 Å². The number of methoxy groups -OCH3 is 2. The van der Waals surface area contributed by atoms with Gasteiger partial charge in [0.15, 0.2) is 0 Å². The average Bonchev–Trinajstić information content (AvgIpc) is 2.55. The largest absolute Gasteiger partial charge is 0.496 e. The Labute approximate surface area is 138 Å². The molecule has 2 rings (SSSR count). The van der Waals surface area contributed by atoms with E-state index in [9.17, 15) is 9.59 Å². The molecule has 2 N–H and O–H groups in total. The summed E-state index contributed by atoms with van der Waals surface area (Å²) in [6.07, 6.45) is 0.